The zero-order valence-electron chi connectivity index (χ0n) is 18.5. The van der Waals surface area contributed by atoms with Crippen LogP contribution in [-0.2, 0) is 13.1 Å². The number of nitrogens with one attached hydrogen (secondary N) is 2. The SMILES string of the molecule is COc1cc(OC(F)(F)F)ccc1C1Cn2nc(-c3[nH]c4ccc(F)cc4c(=O)c3C)nc2CN1. The quantitative estimate of drug-likeness (QED) is 0.421. The summed E-state index contributed by atoms with van der Waals surface area (Å²) in [5.74, 6) is 0.273. The summed E-state index contributed by atoms with van der Waals surface area (Å²) in [6.45, 7) is 2.26. The van der Waals surface area contributed by atoms with Crippen LogP contribution in [0.5, 0.6) is 11.5 Å². The number of ether oxygens (including phenoxy) is 2. The Labute approximate surface area is 195 Å². The molecule has 1 aliphatic heterocycles. The Morgan fingerprint density at radius 2 is 1.97 bits per heavy atom. The second-order valence-corrected chi connectivity index (χ2v) is 8.06. The molecule has 0 amide bonds. The molecule has 0 spiro atoms. The fraction of sp³-hybridized carbons (Fsp3) is 0.261. The topological polar surface area (TPSA) is 94.1 Å². The van der Waals surface area contributed by atoms with Crippen molar-refractivity contribution in [3.05, 3.63) is 69.4 Å². The van der Waals surface area contributed by atoms with Gasteiger partial charge in [-0.1, -0.05) is 0 Å². The number of aromatic amines is 1. The standard InChI is InChI=1S/C23H19F4N5O3/c1-11-20(29-16-6-3-12(24)7-15(16)21(11)33)22-30-19-9-28-17(10-32(19)31-22)14-5-4-13(8-18(14)34-2)35-23(25,26)27/h3-8,17,28H,9-10H2,1-2H3,(H,29,33). The Hall–Kier alpha value is -3.93. The number of nitrogens with zero attached hydrogens (tertiary/aromatic N) is 3. The van der Waals surface area contributed by atoms with Crippen molar-refractivity contribution < 1.29 is 27.0 Å². The van der Waals surface area contributed by atoms with Crippen molar-refractivity contribution in [2.24, 2.45) is 0 Å². The average molecular weight is 489 g/mol. The Morgan fingerprint density at radius 1 is 1.17 bits per heavy atom. The summed E-state index contributed by atoms with van der Waals surface area (Å²) in [7, 11) is 1.36. The van der Waals surface area contributed by atoms with Crippen LogP contribution in [0.1, 0.15) is 23.0 Å². The van der Waals surface area contributed by atoms with Crippen molar-refractivity contribution in [1.29, 1.82) is 0 Å². The number of hydrogen-bond donors (Lipinski definition) is 2. The smallest absolute Gasteiger partial charge is 0.496 e. The number of hydrogen-bond acceptors (Lipinski definition) is 6. The van der Waals surface area contributed by atoms with E-state index in [1.807, 2.05) is 0 Å². The van der Waals surface area contributed by atoms with Gasteiger partial charge in [0.15, 0.2) is 11.3 Å². The molecule has 12 heteroatoms. The lowest BCUT2D eigenvalue weighted by Crippen LogP contribution is -2.33. The van der Waals surface area contributed by atoms with Crippen LogP contribution in [-0.4, -0.2) is 33.2 Å². The van der Waals surface area contributed by atoms with E-state index in [-0.39, 0.29) is 28.4 Å². The van der Waals surface area contributed by atoms with E-state index >= 15 is 0 Å². The molecule has 5 rings (SSSR count). The van der Waals surface area contributed by atoms with Crippen LogP contribution >= 0.6 is 0 Å². The van der Waals surface area contributed by atoms with Crippen LogP contribution in [0, 0.1) is 12.7 Å². The van der Waals surface area contributed by atoms with E-state index in [1.165, 1.54) is 43.5 Å². The molecule has 8 nitrogen and oxygen atoms in total. The highest BCUT2D eigenvalue weighted by molar-refractivity contribution is 5.82. The minimum absolute atomic E-state index is 0.231. The van der Waals surface area contributed by atoms with Gasteiger partial charge in [-0.15, -0.1) is 18.3 Å². The Morgan fingerprint density at radius 3 is 2.71 bits per heavy atom. The van der Waals surface area contributed by atoms with Crippen molar-refractivity contribution in [3.8, 4) is 23.0 Å². The zero-order valence-corrected chi connectivity index (χ0v) is 18.5. The van der Waals surface area contributed by atoms with E-state index in [0.29, 0.717) is 47.1 Å². The van der Waals surface area contributed by atoms with Crippen LogP contribution in [0.4, 0.5) is 17.6 Å². The molecule has 2 N–H and O–H groups in total. The number of fused-ring (bicyclic) bond motifs is 2. The first-order valence-corrected chi connectivity index (χ1v) is 10.6. The van der Waals surface area contributed by atoms with Gasteiger partial charge >= 0.3 is 6.36 Å². The van der Waals surface area contributed by atoms with Crippen LogP contribution in [0.15, 0.2) is 41.2 Å². The van der Waals surface area contributed by atoms with Gasteiger partial charge in [-0.25, -0.2) is 14.1 Å². The summed E-state index contributed by atoms with van der Waals surface area (Å²) >= 11 is 0. The predicted octanol–water partition coefficient (Wildman–Crippen LogP) is 3.99. The number of alkyl halides is 3. The molecule has 4 aromatic rings. The molecule has 1 unspecified atom stereocenters. The van der Waals surface area contributed by atoms with Crippen LogP contribution in [0.2, 0.25) is 0 Å². The molecule has 1 aliphatic rings. The van der Waals surface area contributed by atoms with Gasteiger partial charge in [-0.2, -0.15) is 0 Å². The lowest BCUT2D eigenvalue weighted by molar-refractivity contribution is -0.274. The van der Waals surface area contributed by atoms with E-state index in [0.717, 1.165) is 0 Å². The molecular formula is C23H19F4N5O3. The first-order chi connectivity index (χ1) is 16.6. The largest absolute Gasteiger partial charge is 0.573 e. The first-order valence-electron chi connectivity index (χ1n) is 10.6. The van der Waals surface area contributed by atoms with Gasteiger partial charge in [0.1, 0.15) is 23.1 Å². The lowest BCUT2D eigenvalue weighted by atomic mass is 10.0. The number of aromatic nitrogens is 4. The Bertz CT molecular complexity index is 1500. The van der Waals surface area contributed by atoms with E-state index < -0.39 is 12.2 Å². The number of halogens is 4. The lowest BCUT2D eigenvalue weighted by Gasteiger charge is -2.26. The highest BCUT2D eigenvalue weighted by Gasteiger charge is 2.32. The van der Waals surface area contributed by atoms with Gasteiger partial charge < -0.3 is 19.8 Å². The Balaban J connectivity index is 1.46. The van der Waals surface area contributed by atoms with E-state index in [2.05, 4.69) is 25.1 Å². The van der Waals surface area contributed by atoms with Crippen molar-refractivity contribution in [3.63, 3.8) is 0 Å². The van der Waals surface area contributed by atoms with Crippen molar-refractivity contribution in [1.82, 2.24) is 25.1 Å². The minimum atomic E-state index is -4.81. The van der Waals surface area contributed by atoms with Gasteiger partial charge in [0.2, 0.25) is 0 Å². The first kappa shape index (κ1) is 22.8. The molecule has 0 radical (unpaired) electrons. The third-order valence-electron chi connectivity index (χ3n) is 5.85. The summed E-state index contributed by atoms with van der Waals surface area (Å²) in [6.07, 6.45) is -4.81. The van der Waals surface area contributed by atoms with E-state index in [9.17, 15) is 22.4 Å². The van der Waals surface area contributed by atoms with Crippen molar-refractivity contribution in [2.75, 3.05) is 7.11 Å². The van der Waals surface area contributed by atoms with Gasteiger partial charge in [0, 0.05) is 22.6 Å². The van der Waals surface area contributed by atoms with Gasteiger partial charge in [-0.3, -0.25) is 4.79 Å². The number of methoxy groups -OCH3 is 1. The maximum Gasteiger partial charge on any atom is 0.573 e. The van der Waals surface area contributed by atoms with E-state index in [4.69, 9.17) is 4.74 Å². The minimum Gasteiger partial charge on any atom is -0.496 e. The molecule has 182 valence electrons. The second kappa shape index (κ2) is 8.38. The predicted molar refractivity (Wildman–Crippen MR) is 118 cm³/mol. The summed E-state index contributed by atoms with van der Waals surface area (Å²) < 4.78 is 62.2. The Kier molecular flexibility index (Phi) is 5.47. The van der Waals surface area contributed by atoms with E-state index in [1.54, 1.807) is 11.6 Å². The molecule has 0 saturated heterocycles. The fourth-order valence-corrected chi connectivity index (χ4v) is 4.17. The normalized spacial score (nSPS) is 15.8. The van der Waals surface area contributed by atoms with Gasteiger partial charge in [0.25, 0.3) is 0 Å². The molecule has 0 aliphatic carbocycles. The summed E-state index contributed by atoms with van der Waals surface area (Å²) in [4.78, 5) is 20.4. The number of pyridine rings is 1. The monoisotopic (exact) mass is 489 g/mol. The van der Waals surface area contributed by atoms with Crippen molar-refractivity contribution >= 4 is 10.9 Å². The zero-order chi connectivity index (χ0) is 24.9. The van der Waals surface area contributed by atoms with Crippen LogP contribution in [0.3, 0.4) is 0 Å². The second-order valence-electron chi connectivity index (χ2n) is 8.06. The molecular weight excluding hydrogens is 470 g/mol. The molecule has 35 heavy (non-hydrogen) atoms. The third-order valence-corrected chi connectivity index (χ3v) is 5.85. The maximum absolute atomic E-state index is 13.6. The maximum atomic E-state index is 13.6. The molecule has 2 aromatic heterocycles. The number of rotatable bonds is 4. The molecule has 1 atom stereocenters. The molecule has 0 saturated carbocycles. The highest BCUT2D eigenvalue weighted by Crippen LogP contribution is 2.34. The third kappa shape index (κ3) is 4.32. The number of H-pyrrole nitrogens is 1. The summed E-state index contributed by atoms with van der Waals surface area (Å²) in [5.41, 5.74) is 1.56. The van der Waals surface area contributed by atoms with Crippen molar-refractivity contribution in [2.45, 2.75) is 32.4 Å². The molecule has 0 fully saturated rings. The highest BCUT2D eigenvalue weighted by atomic mass is 19.4. The summed E-state index contributed by atoms with van der Waals surface area (Å²) in [6, 6.07) is 7.51. The molecule has 3 heterocycles. The molecule has 2 aromatic carbocycles. The van der Waals surface area contributed by atoms with Gasteiger partial charge in [0.05, 0.1) is 37.5 Å². The van der Waals surface area contributed by atoms with Crippen LogP contribution < -0.4 is 20.2 Å². The van der Waals surface area contributed by atoms with Crippen LogP contribution in [0.25, 0.3) is 22.4 Å². The average Bonchev–Trinajstić information content (AvgIpc) is 3.23. The fourth-order valence-electron chi connectivity index (χ4n) is 4.17. The van der Waals surface area contributed by atoms with Gasteiger partial charge in [-0.05, 0) is 37.3 Å². The molecule has 0 bridgehead atoms. The summed E-state index contributed by atoms with van der Waals surface area (Å²) in [5, 5.41) is 8.07. The number of benzene rings is 2.